The van der Waals surface area contributed by atoms with E-state index in [0.29, 0.717) is 12.2 Å². The fourth-order valence-corrected chi connectivity index (χ4v) is 3.54. The highest BCUT2D eigenvalue weighted by Gasteiger charge is 2.41. The predicted octanol–water partition coefficient (Wildman–Crippen LogP) is 4.23. The minimum Gasteiger partial charge on any atom is -0.322 e. The van der Waals surface area contributed by atoms with Gasteiger partial charge in [-0.25, -0.2) is 0 Å². The van der Waals surface area contributed by atoms with Gasteiger partial charge in [-0.2, -0.15) is 5.10 Å². The maximum absolute atomic E-state index is 12.9. The lowest BCUT2D eigenvalue weighted by Crippen LogP contribution is -2.29. The molecule has 2 heterocycles. The topological polar surface area (TPSA) is 49.0 Å². The third-order valence-corrected chi connectivity index (χ3v) is 4.95. The summed E-state index contributed by atoms with van der Waals surface area (Å²) < 4.78 is 1.02. The van der Waals surface area contributed by atoms with Gasteiger partial charge in [-0.15, -0.1) is 0 Å². The SMILES string of the molecule is Cc1[nH]nc2c1C(c1ccc(Br)cc1)N(Cc1ccccc1)C2=O. The van der Waals surface area contributed by atoms with Crippen molar-refractivity contribution in [2.75, 3.05) is 0 Å². The van der Waals surface area contributed by atoms with Crippen LogP contribution in [0.2, 0.25) is 0 Å². The zero-order chi connectivity index (χ0) is 16.7. The van der Waals surface area contributed by atoms with Gasteiger partial charge in [0.25, 0.3) is 5.91 Å². The van der Waals surface area contributed by atoms with E-state index in [1.807, 2.05) is 54.3 Å². The van der Waals surface area contributed by atoms with E-state index >= 15 is 0 Å². The monoisotopic (exact) mass is 381 g/mol. The number of nitrogens with one attached hydrogen (secondary N) is 1. The van der Waals surface area contributed by atoms with Crippen LogP contribution in [0.25, 0.3) is 0 Å². The Kier molecular flexibility index (Phi) is 3.73. The molecule has 1 aliphatic rings. The van der Waals surface area contributed by atoms with Crippen LogP contribution in [0, 0.1) is 6.92 Å². The Bertz CT molecular complexity index is 887. The minimum absolute atomic E-state index is 0.0221. The number of aromatic nitrogens is 2. The quantitative estimate of drug-likeness (QED) is 0.737. The van der Waals surface area contributed by atoms with Gasteiger partial charge in [-0.05, 0) is 30.2 Å². The number of carbonyl (C=O) groups is 1. The summed E-state index contributed by atoms with van der Waals surface area (Å²) in [5, 5.41) is 7.20. The molecule has 1 aromatic heterocycles. The molecule has 3 aromatic rings. The van der Waals surface area contributed by atoms with E-state index in [1.54, 1.807) is 0 Å². The highest BCUT2D eigenvalue weighted by Crippen LogP contribution is 2.40. The maximum atomic E-state index is 12.9. The van der Waals surface area contributed by atoms with Gasteiger partial charge in [0.05, 0.1) is 6.04 Å². The van der Waals surface area contributed by atoms with Crippen LogP contribution >= 0.6 is 15.9 Å². The number of hydrogen-bond donors (Lipinski definition) is 1. The number of aryl methyl sites for hydroxylation is 1. The van der Waals surface area contributed by atoms with E-state index in [0.717, 1.165) is 26.9 Å². The third-order valence-electron chi connectivity index (χ3n) is 4.42. The molecule has 2 aromatic carbocycles. The molecular weight excluding hydrogens is 366 g/mol. The average Bonchev–Trinajstić information content (AvgIpc) is 3.10. The van der Waals surface area contributed by atoms with Gasteiger partial charge >= 0.3 is 0 Å². The second-order valence-corrected chi connectivity index (χ2v) is 6.90. The highest BCUT2D eigenvalue weighted by atomic mass is 79.9. The van der Waals surface area contributed by atoms with Crippen molar-refractivity contribution in [3.05, 3.63) is 87.1 Å². The van der Waals surface area contributed by atoms with Crippen LogP contribution in [0.1, 0.15) is 38.9 Å². The van der Waals surface area contributed by atoms with Gasteiger partial charge in [-0.3, -0.25) is 9.89 Å². The largest absolute Gasteiger partial charge is 0.322 e. The first-order valence-electron chi connectivity index (χ1n) is 7.80. The summed E-state index contributed by atoms with van der Waals surface area (Å²) in [5.41, 5.74) is 4.67. The molecule has 4 nitrogen and oxygen atoms in total. The lowest BCUT2D eigenvalue weighted by Gasteiger charge is -2.26. The Morgan fingerprint density at radius 1 is 1.12 bits per heavy atom. The zero-order valence-electron chi connectivity index (χ0n) is 13.2. The van der Waals surface area contributed by atoms with Crippen LogP contribution in [-0.2, 0) is 6.54 Å². The van der Waals surface area contributed by atoms with Crippen molar-refractivity contribution < 1.29 is 4.79 Å². The van der Waals surface area contributed by atoms with Crippen molar-refractivity contribution in [2.45, 2.75) is 19.5 Å². The molecule has 0 fully saturated rings. The van der Waals surface area contributed by atoms with Crippen molar-refractivity contribution in [3.8, 4) is 0 Å². The van der Waals surface area contributed by atoms with Crippen molar-refractivity contribution in [2.24, 2.45) is 0 Å². The Morgan fingerprint density at radius 3 is 2.54 bits per heavy atom. The Labute approximate surface area is 148 Å². The molecule has 1 aliphatic heterocycles. The summed E-state index contributed by atoms with van der Waals surface area (Å²) in [4.78, 5) is 14.8. The molecule has 24 heavy (non-hydrogen) atoms. The predicted molar refractivity (Wildman–Crippen MR) is 95.6 cm³/mol. The molecule has 1 unspecified atom stereocenters. The fraction of sp³-hybridized carbons (Fsp3) is 0.158. The molecule has 0 spiro atoms. The van der Waals surface area contributed by atoms with Crippen LogP contribution in [0.3, 0.4) is 0 Å². The molecule has 5 heteroatoms. The first-order chi connectivity index (χ1) is 11.6. The summed E-state index contributed by atoms with van der Waals surface area (Å²) in [6.07, 6.45) is 0. The van der Waals surface area contributed by atoms with E-state index in [1.165, 1.54) is 0 Å². The van der Waals surface area contributed by atoms with E-state index in [9.17, 15) is 4.79 Å². The van der Waals surface area contributed by atoms with E-state index in [2.05, 4.69) is 38.3 Å². The first kappa shape index (κ1) is 15.1. The van der Waals surface area contributed by atoms with Crippen molar-refractivity contribution in [3.63, 3.8) is 0 Å². The molecule has 1 N–H and O–H groups in total. The van der Waals surface area contributed by atoms with Crippen molar-refractivity contribution >= 4 is 21.8 Å². The number of fused-ring (bicyclic) bond motifs is 1. The Morgan fingerprint density at radius 2 is 1.83 bits per heavy atom. The summed E-state index contributed by atoms with van der Waals surface area (Å²) >= 11 is 3.47. The number of nitrogens with zero attached hydrogens (tertiary/aromatic N) is 2. The molecule has 1 atom stereocenters. The van der Waals surface area contributed by atoms with Crippen LogP contribution in [0.4, 0.5) is 0 Å². The number of benzene rings is 2. The molecule has 0 saturated carbocycles. The Hall–Kier alpha value is -2.40. The van der Waals surface area contributed by atoms with Gasteiger partial charge < -0.3 is 4.90 Å². The molecule has 0 aliphatic carbocycles. The number of halogens is 1. The second kappa shape index (κ2) is 5.91. The molecule has 120 valence electrons. The smallest absolute Gasteiger partial charge is 0.275 e. The molecule has 0 bridgehead atoms. The van der Waals surface area contributed by atoms with Crippen molar-refractivity contribution in [1.82, 2.24) is 15.1 Å². The number of rotatable bonds is 3. The van der Waals surface area contributed by atoms with Gasteiger partial charge in [0.15, 0.2) is 5.69 Å². The number of carbonyl (C=O) groups excluding carboxylic acids is 1. The molecule has 4 rings (SSSR count). The summed E-state index contributed by atoms with van der Waals surface area (Å²) in [5.74, 6) is -0.0221. The number of hydrogen-bond acceptors (Lipinski definition) is 2. The van der Waals surface area contributed by atoms with Crippen LogP contribution in [0.15, 0.2) is 59.1 Å². The van der Waals surface area contributed by atoms with E-state index in [-0.39, 0.29) is 11.9 Å². The fourth-order valence-electron chi connectivity index (χ4n) is 3.28. The van der Waals surface area contributed by atoms with E-state index < -0.39 is 0 Å². The molecule has 1 amide bonds. The van der Waals surface area contributed by atoms with Crippen LogP contribution in [-0.4, -0.2) is 21.0 Å². The van der Waals surface area contributed by atoms with Gasteiger partial charge in [0.1, 0.15) is 0 Å². The van der Waals surface area contributed by atoms with Gasteiger partial charge in [0.2, 0.25) is 0 Å². The van der Waals surface area contributed by atoms with Crippen LogP contribution in [0.5, 0.6) is 0 Å². The molecule has 0 saturated heterocycles. The third kappa shape index (κ3) is 2.45. The maximum Gasteiger partial charge on any atom is 0.275 e. The number of H-pyrrole nitrogens is 1. The minimum atomic E-state index is -0.112. The highest BCUT2D eigenvalue weighted by molar-refractivity contribution is 9.10. The Balaban J connectivity index is 1.79. The van der Waals surface area contributed by atoms with Crippen molar-refractivity contribution in [1.29, 1.82) is 0 Å². The lowest BCUT2D eigenvalue weighted by atomic mass is 9.99. The van der Waals surface area contributed by atoms with Crippen LogP contribution < -0.4 is 0 Å². The summed E-state index contributed by atoms with van der Waals surface area (Å²) in [7, 11) is 0. The molecule has 0 radical (unpaired) electrons. The summed E-state index contributed by atoms with van der Waals surface area (Å²) in [6.45, 7) is 2.53. The van der Waals surface area contributed by atoms with Gasteiger partial charge in [0, 0.05) is 22.3 Å². The average molecular weight is 382 g/mol. The van der Waals surface area contributed by atoms with E-state index in [4.69, 9.17) is 0 Å². The first-order valence-corrected chi connectivity index (χ1v) is 8.59. The second-order valence-electron chi connectivity index (χ2n) is 5.98. The number of aromatic amines is 1. The van der Waals surface area contributed by atoms with Gasteiger partial charge in [-0.1, -0.05) is 58.4 Å². The standard InChI is InChI=1S/C19H16BrN3O/c1-12-16-17(22-21-12)19(24)23(11-13-5-3-2-4-6-13)18(16)14-7-9-15(20)10-8-14/h2-10,18H,11H2,1H3,(H,21,22). The molecular formula is C19H16BrN3O. The lowest BCUT2D eigenvalue weighted by molar-refractivity contribution is 0.0729. The summed E-state index contributed by atoms with van der Waals surface area (Å²) in [6, 6.07) is 18.1. The zero-order valence-corrected chi connectivity index (χ0v) is 14.7. The number of amides is 1. The normalized spacial score (nSPS) is 16.5.